The van der Waals surface area contributed by atoms with Crippen molar-refractivity contribution in [3.63, 3.8) is 0 Å². The number of cyclic esters (lactones) is 1. The van der Waals surface area contributed by atoms with E-state index in [1.165, 1.54) is 0 Å². The van der Waals surface area contributed by atoms with Crippen LogP contribution in [0.5, 0.6) is 0 Å². The molecule has 0 bridgehead atoms. The number of fused-ring (bicyclic) bond motifs is 1. The SMILES string of the molecule is C=CCCC1CC(C)CCCC2(C)OC2CCOC(=O)CCC(C)(C)C1=O. The molecular formula is C23H38O4. The van der Waals surface area contributed by atoms with Crippen LogP contribution in [0.1, 0.15) is 85.5 Å². The van der Waals surface area contributed by atoms with Crippen LogP contribution in [0.25, 0.3) is 0 Å². The lowest BCUT2D eigenvalue weighted by Gasteiger charge is -2.30. The molecule has 0 N–H and O–H groups in total. The molecule has 2 heterocycles. The molecule has 154 valence electrons. The molecule has 0 aliphatic carbocycles. The summed E-state index contributed by atoms with van der Waals surface area (Å²) in [6.07, 6.45) is 9.61. The van der Waals surface area contributed by atoms with Crippen LogP contribution in [-0.2, 0) is 19.1 Å². The van der Waals surface area contributed by atoms with Gasteiger partial charge in [-0.15, -0.1) is 6.58 Å². The van der Waals surface area contributed by atoms with Crippen LogP contribution in [0.2, 0.25) is 0 Å². The first-order chi connectivity index (χ1) is 12.7. The number of ether oxygens (including phenoxy) is 2. The maximum atomic E-state index is 13.2. The number of carbonyl (C=O) groups is 2. The molecule has 4 atom stereocenters. The van der Waals surface area contributed by atoms with Gasteiger partial charge in [0.2, 0.25) is 0 Å². The van der Waals surface area contributed by atoms with E-state index in [1.807, 2.05) is 19.9 Å². The molecule has 4 unspecified atom stereocenters. The minimum absolute atomic E-state index is 0.0393. The molecule has 2 rings (SSSR count). The number of rotatable bonds is 3. The average Bonchev–Trinajstić information content (AvgIpc) is 3.25. The van der Waals surface area contributed by atoms with Gasteiger partial charge in [0.1, 0.15) is 5.78 Å². The summed E-state index contributed by atoms with van der Waals surface area (Å²) in [5.41, 5.74) is -0.553. The maximum Gasteiger partial charge on any atom is 0.305 e. The summed E-state index contributed by atoms with van der Waals surface area (Å²) in [4.78, 5) is 25.3. The van der Waals surface area contributed by atoms with Gasteiger partial charge in [-0.3, -0.25) is 9.59 Å². The highest BCUT2D eigenvalue weighted by molar-refractivity contribution is 5.86. The van der Waals surface area contributed by atoms with Gasteiger partial charge in [-0.05, 0) is 44.9 Å². The summed E-state index contributed by atoms with van der Waals surface area (Å²) < 4.78 is 11.2. The summed E-state index contributed by atoms with van der Waals surface area (Å²) in [5.74, 6) is 0.630. The Morgan fingerprint density at radius 2 is 1.93 bits per heavy atom. The zero-order chi connectivity index (χ0) is 20.1. The van der Waals surface area contributed by atoms with Crippen molar-refractivity contribution in [1.29, 1.82) is 0 Å². The van der Waals surface area contributed by atoms with Crippen molar-refractivity contribution in [3.05, 3.63) is 12.7 Å². The third-order valence-electron chi connectivity index (χ3n) is 6.45. The molecule has 0 aromatic heterocycles. The standard InChI is InChI=1S/C23H38O4/c1-6-7-10-18-16-17(2)9-8-13-23(5)19(27-23)12-15-26-20(24)11-14-22(3,4)21(18)25/h6,17-19H,1,7-16H2,2-5H3. The average molecular weight is 379 g/mol. The Morgan fingerprint density at radius 3 is 2.63 bits per heavy atom. The molecule has 4 heteroatoms. The van der Waals surface area contributed by atoms with Gasteiger partial charge in [0.05, 0.1) is 18.3 Å². The topological polar surface area (TPSA) is 55.9 Å². The molecule has 2 saturated heterocycles. The normalized spacial score (nSPS) is 35.8. The molecule has 0 aromatic rings. The number of esters is 1. The van der Waals surface area contributed by atoms with Gasteiger partial charge >= 0.3 is 5.97 Å². The number of hydrogen-bond donors (Lipinski definition) is 0. The van der Waals surface area contributed by atoms with E-state index >= 15 is 0 Å². The second-order valence-electron chi connectivity index (χ2n) is 9.47. The summed E-state index contributed by atoms with van der Waals surface area (Å²) in [7, 11) is 0. The van der Waals surface area contributed by atoms with Gasteiger partial charge in [0, 0.05) is 24.2 Å². The van der Waals surface area contributed by atoms with E-state index in [9.17, 15) is 9.59 Å². The van der Waals surface area contributed by atoms with Crippen molar-refractivity contribution in [3.8, 4) is 0 Å². The lowest BCUT2D eigenvalue weighted by Crippen LogP contribution is -2.33. The monoisotopic (exact) mass is 378 g/mol. The molecule has 0 spiro atoms. The molecule has 0 amide bonds. The first-order valence-electron chi connectivity index (χ1n) is 10.7. The zero-order valence-electron chi connectivity index (χ0n) is 17.7. The fraction of sp³-hybridized carbons (Fsp3) is 0.826. The van der Waals surface area contributed by atoms with Gasteiger partial charge in [-0.1, -0.05) is 39.7 Å². The highest BCUT2D eigenvalue weighted by Gasteiger charge is 2.51. The van der Waals surface area contributed by atoms with Crippen LogP contribution in [0, 0.1) is 17.3 Å². The molecular weight excluding hydrogens is 340 g/mol. The lowest BCUT2D eigenvalue weighted by atomic mass is 9.73. The van der Waals surface area contributed by atoms with Crippen LogP contribution in [0.4, 0.5) is 0 Å². The summed E-state index contributed by atoms with van der Waals surface area (Å²) >= 11 is 0. The Hall–Kier alpha value is -1.16. The second kappa shape index (κ2) is 9.36. The molecule has 2 aliphatic heterocycles. The van der Waals surface area contributed by atoms with E-state index in [4.69, 9.17) is 9.47 Å². The first-order valence-corrected chi connectivity index (χ1v) is 10.7. The second-order valence-corrected chi connectivity index (χ2v) is 9.47. The van der Waals surface area contributed by atoms with Gasteiger partial charge in [0.25, 0.3) is 0 Å². The van der Waals surface area contributed by atoms with Crippen LogP contribution >= 0.6 is 0 Å². The molecule has 0 aromatic carbocycles. The molecule has 4 nitrogen and oxygen atoms in total. The third kappa shape index (κ3) is 6.44. The largest absolute Gasteiger partial charge is 0.466 e. The van der Waals surface area contributed by atoms with Gasteiger partial charge in [-0.25, -0.2) is 0 Å². The summed E-state index contributed by atoms with van der Waals surface area (Å²) in [6, 6.07) is 0. The van der Waals surface area contributed by atoms with Crippen molar-refractivity contribution >= 4 is 11.8 Å². The Bertz CT molecular complexity index is 538. The van der Waals surface area contributed by atoms with Crippen molar-refractivity contribution in [2.45, 2.75) is 97.2 Å². The van der Waals surface area contributed by atoms with Crippen molar-refractivity contribution in [1.82, 2.24) is 0 Å². The molecule has 2 aliphatic rings. The minimum atomic E-state index is -0.500. The summed E-state index contributed by atoms with van der Waals surface area (Å²) in [5, 5.41) is 0. The van der Waals surface area contributed by atoms with E-state index < -0.39 is 5.41 Å². The van der Waals surface area contributed by atoms with Crippen molar-refractivity contribution in [2.75, 3.05) is 6.61 Å². The van der Waals surface area contributed by atoms with Gasteiger partial charge in [0.15, 0.2) is 0 Å². The van der Waals surface area contributed by atoms with Crippen LogP contribution in [0.15, 0.2) is 12.7 Å². The fourth-order valence-electron chi connectivity index (χ4n) is 4.40. The highest BCUT2D eigenvalue weighted by atomic mass is 16.6. The third-order valence-corrected chi connectivity index (χ3v) is 6.45. The summed E-state index contributed by atoms with van der Waals surface area (Å²) in [6.45, 7) is 12.6. The Morgan fingerprint density at radius 1 is 1.19 bits per heavy atom. The van der Waals surface area contributed by atoms with Gasteiger partial charge in [-0.2, -0.15) is 0 Å². The first kappa shape index (κ1) is 22.1. The maximum absolute atomic E-state index is 13.2. The smallest absolute Gasteiger partial charge is 0.305 e. The Balaban J connectivity index is 2.07. The van der Waals surface area contributed by atoms with Crippen LogP contribution in [0.3, 0.4) is 0 Å². The highest BCUT2D eigenvalue weighted by Crippen LogP contribution is 2.43. The van der Waals surface area contributed by atoms with E-state index in [0.29, 0.717) is 25.4 Å². The number of Topliss-reactive ketones (excluding diaryl/α,β-unsaturated/α-hetero) is 1. The van der Waals surface area contributed by atoms with Crippen LogP contribution < -0.4 is 0 Å². The predicted octanol–water partition coefficient (Wildman–Crippen LogP) is 5.25. The number of carbonyl (C=O) groups excluding carboxylic acids is 2. The van der Waals surface area contributed by atoms with Crippen LogP contribution in [-0.4, -0.2) is 30.1 Å². The quantitative estimate of drug-likeness (QED) is 0.382. The zero-order valence-corrected chi connectivity index (χ0v) is 17.7. The van der Waals surface area contributed by atoms with E-state index in [2.05, 4.69) is 20.4 Å². The van der Waals surface area contributed by atoms with Gasteiger partial charge < -0.3 is 9.47 Å². The van der Waals surface area contributed by atoms with E-state index in [-0.39, 0.29) is 29.4 Å². The number of hydrogen-bond acceptors (Lipinski definition) is 4. The number of ketones is 1. The fourth-order valence-corrected chi connectivity index (χ4v) is 4.40. The van der Waals surface area contributed by atoms with E-state index in [0.717, 1.165) is 44.9 Å². The molecule has 2 fully saturated rings. The van der Waals surface area contributed by atoms with Crippen molar-refractivity contribution in [2.24, 2.45) is 17.3 Å². The Labute approximate surface area is 165 Å². The van der Waals surface area contributed by atoms with E-state index in [1.54, 1.807) is 0 Å². The number of allylic oxidation sites excluding steroid dienone is 1. The predicted molar refractivity (Wildman–Crippen MR) is 107 cm³/mol. The molecule has 0 radical (unpaired) electrons. The molecule has 27 heavy (non-hydrogen) atoms. The molecule has 0 saturated carbocycles. The number of epoxide rings is 1. The van der Waals surface area contributed by atoms with Crippen molar-refractivity contribution < 1.29 is 19.1 Å². The minimum Gasteiger partial charge on any atom is -0.466 e. The Kier molecular flexibility index (Phi) is 7.67. The lowest BCUT2D eigenvalue weighted by molar-refractivity contribution is -0.145.